The molecule has 0 bridgehead atoms. The van der Waals surface area contributed by atoms with Gasteiger partial charge < -0.3 is 15.2 Å². The van der Waals surface area contributed by atoms with Crippen molar-refractivity contribution < 1.29 is 27.4 Å². The van der Waals surface area contributed by atoms with E-state index in [1.54, 1.807) is 32.9 Å². The number of halogens is 4. The second kappa shape index (κ2) is 8.78. The van der Waals surface area contributed by atoms with E-state index in [9.17, 15) is 18.0 Å². The third kappa shape index (κ3) is 5.91. The molecule has 2 aromatic rings. The maximum Gasteiger partial charge on any atom is 0.573 e. The second-order valence-corrected chi connectivity index (χ2v) is 7.44. The Morgan fingerprint density at radius 3 is 2.31 bits per heavy atom. The number of benzene rings is 2. The summed E-state index contributed by atoms with van der Waals surface area (Å²) in [5.41, 5.74) is 7.16. The van der Waals surface area contributed by atoms with Gasteiger partial charge in [-0.1, -0.05) is 11.8 Å². The van der Waals surface area contributed by atoms with Crippen LogP contribution in [0.2, 0.25) is 0 Å². The smallest absolute Gasteiger partial charge is 0.465 e. The standard InChI is InChI=1S/C21H19BrF3NO3/c1-4-28-19(27)20(2,3)15-11-14(18(26)17(22)12-15)8-5-13-6-9-16(10-7-13)29-21(23,24)25/h6-7,9-12H,4,26H2,1-3H3. The lowest BCUT2D eigenvalue weighted by Crippen LogP contribution is -2.31. The van der Waals surface area contributed by atoms with Crippen LogP contribution in [0.5, 0.6) is 5.75 Å². The second-order valence-electron chi connectivity index (χ2n) is 6.59. The van der Waals surface area contributed by atoms with Gasteiger partial charge in [-0.2, -0.15) is 0 Å². The van der Waals surface area contributed by atoms with Crippen molar-refractivity contribution in [3.63, 3.8) is 0 Å². The molecule has 154 valence electrons. The van der Waals surface area contributed by atoms with Crippen molar-refractivity contribution in [2.45, 2.75) is 32.5 Å². The predicted octanol–water partition coefficient (Wildman–Crippen LogP) is 5.17. The summed E-state index contributed by atoms with van der Waals surface area (Å²) >= 11 is 3.37. The quantitative estimate of drug-likeness (QED) is 0.381. The Labute approximate surface area is 175 Å². The summed E-state index contributed by atoms with van der Waals surface area (Å²) in [6, 6.07) is 8.61. The molecule has 0 heterocycles. The first-order valence-electron chi connectivity index (χ1n) is 8.58. The molecule has 0 saturated carbocycles. The minimum absolute atomic E-state index is 0.263. The molecule has 4 nitrogen and oxygen atoms in total. The molecule has 0 amide bonds. The number of carbonyl (C=O) groups excluding carboxylic acids is 1. The fraction of sp³-hybridized carbons (Fsp3) is 0.286. The van der Waals surface area contributed by atoms with E-state index in [2.05, 4.69) is 32.5 Å². The van der Waals surface area contributed by atoms with E-state index in [0.29, 0.717) is 26.9 Å². The number of carbonyl (C=O) groups is 1. The van der Waals surface area contributed by atoms with Gasteiger partial charge in [-0.25, -0.2) is 0 Å². The van der Waals surface area contributed by atoms with Crippen molar-refractivity contribution in [1.29, 1.82) is 0 Å². The van der Waals surface area contributed by atoms with Gasteiger partial charge in [0.2, 0.25) is 0 Å². The number of anilines is 1. The molecule has 0 fully saturated rings. The minimum Gasteiger partial charge on any atom is -0.465 e. The van der Waals surface area contributed by atoms with Crippen LogP contribution in [0, 0.1) is 11.8 Å². The van der Waals surface area contributed by atoms with Gasteiger partial charge in [0.25, 0.3) is 0 Å². The first-order chi connectivity index (χ1) is 13.4. The van der Waals surface area contributed by atoms with E-state index < -0.39 is 11.8 Å². The summed E-state index contributed by atoms with van der Waals surface area (Å²) in [5.74, 6) is 5.04. The normalized spacial score (nSPS) is 11.4. The maximum absolute atomic E-state index is 12.3. The Morgan fingerprint density at radius 2 is 1.76 bits per heavy atom. The van der Waals surface area contributed by atoms with Crippen molar-refractivity contribution >= 4 is 27.6 Å². The van der Waals surface area contributed by atoms with Gasteiger partial charge in [-0.3, -0.25) is 4.79 Å². The third-order valence-corrected chi connectivity index (χ3v) is 4.72. The Kier molecular flexibility index (Phi) is 6.85. The molecule has 0 aliphatic rings. The highest BCUT2D eigenvalue weighted by Crippen LogP contribution is 2.32. The molecule has 2 rings (SSSR count). The number of ether oxygens (including phenoxy) is 2. The van der Waals surface area contributed by atoms with E-state index in [0.717, 1.165) is 0 Å². The molecule has 29 heavy (non-hydrogen) atoms. The number of alkyl halides is 3. The Hall–Kier alpha value is -2.66. The highest BCUT2D eigenvalue weighted by atomic mass is 79.9. The zero-order valence-electron chi connectivity index (χ0n) is 16.0. The van der Waals surface area contributed by atoms with E-state index in [4.69, 9.17) is 10.5 Å². The summed E-state index contributed by atoms with van der Waals surface area (Å²) in [6.45, 7) is 5.47. The highest BCUT2D eigenvalue weighted by Gasteiger charge is 2.32. The van der Waals surface area contributed by atoms with Crippen LogP contribution in [0.15, 0.2) is 40.9 Å². The number of hydrogen-bond acceptors (Lipinski definition) is 4. The van der Waals surface area contributed by atoms with E-state index >= 15 is 0 Å². The van der Waals surface area contributed by atoms with Crippen molar-refractivity contribution in [2.75, 3.05) is 12.3 Å². The van der Waals surface area contributed by atoms with Gasteiger partial charge in [-0.05, 0) is 78.7 Å². The lowest BCUT2D eigenvalue weighted by molar-refractivity contribution is -0.274. The average Bonchev–Trinajstić information content (AvgIpc) is 2.62. The molecule has 2 aromatic carbocycles. The Balaban J connectivity index is 2.35. The molecule has 0 aliphatic carbocycles. The van der Waals surface area contributed by atoms with Crippen LogP contribution in [0.3, 0.4) is 0 Å². The molecule has 2 N–H and O–H groups in total. The molecular formula is C21H19BrF3NO3. The fourth-order valence-electron chi connectivity index (χ4n) is 2.39. The first-order valence-corrected chi connectivity index (χ1v) is 9.38. The van der Waals surface area contributed by atoms with Gasteiger partial charge in [0.05, 0.1) is 17.7 Å². The maximum atomic E-state index is 12.3. The van der Waals surface area contributed by atoms with E-state index in [1.807, 2.05) is 0 Å². The lowest BCUT2D eigenvalue weighted by atomic mass is 9.83. The SMILES string of the molecule is CCOC(=O)C(C)(C)c1cc(Br)c(N)c(C#Cc2ccc(OC(F)(F)F)cc2)c1. The van der Waals surface area contributed by atoms with Gasteiger partial charge in [0, 0.05) is 15.6 Å². The fourth-order valence-corrected chi connectivity index (χ4v) is 2.85. The molecule has 0 radical (unpaired) electrons. The van der Waals surface area contributed by atoms with Crippen LogP contribution in [0.4, 0.5) is 18.9 Å². The van der Waals surface area contributed by atoms with E-state index in [-0.39, 0.29) is 18.3 Å². The molecule has 0 aromatic heterocycles. The summed E-state index contributed by atoms with van der Waals surface area (Å²) in [6.07, 6.45) is -4.75. The van der Waals surface area contributed by atoms with Gasteiger partial charge in [-0.15, -0.1) is 13.2 Å². The Bertz CT molecular complexity index is 958. The molecular weight excluding hydrogens is 451 g/mol. The molecule has 0 unspecified atom stereocenters. The van der Waals surface area contributed by atoms with E-state index in [1.165, 1.54) is 24.3 Å². The highest BCUT2D eigenvalue weighted by molar-refractivity contribution is 9.10. The summed E-state index contributed by atoms with van der Waals surface area (Å²) in [5, 5.41) is 0. The zero-order chi connectivity index (χ0) is 21.8. The van der Waals surface area contributed by atoms with Gasteiger partial charge in [0.15, 0.2) is 0 Å². The number of rotatable bonds is 4. The first kappa shape index (κ1) is 22.6. The summed E-state index contributed by atoms with van der Waals surface area (Å²) in [4.78, 5) is 12.3. The van der Waals surface area contributed by atoms with Crippen molar-refractivity contribution in [3.8, 4) is 17.6 Å². The topological polar surface area (TPSA) is 61.5 Å². The number of esters is 1. The number of hydrogen-bond donors (Lipinski definition) is 1. The minimum atomic E-state index is -4.75. The van der Waals surface area contributed by atoms with Crippen molar-refractivity contribution in [3.05, 3.63) is 57.6 Å². The Morgan fingerprint density at radius 1 is 1.14 bits per heavy atom. The largest absolute Gasteiger partial charge is 0.573 e. The molecule has 0 aliphatic heterocycles. The van der Waals surface area contributed by atoms with Crippen LogP contribution in [-0.4, -0.2) is 18.9 Å². The average molecular weight is 470 g/mol. The zero-order valence-corrected chi connectivity index (χ0v) is 17.6. The monoisotopic (exact) mass is 469 g/mol. The van der Waals surface area contributed by atoms with Crippen LogP contribution in [0.1, 0.15) is 37.5 Å². The molecule has 0 spiro atoms. The molecule has 8 heteroatoms. The van der Waals surface area contributed by atoms with Crippen LogP contribution >= 0.6 is 15.9 Å². The molecule has 0 atom stereocenters. The van der Waals surface area contributed by atoms with Crippen molar-refractivity contribution in [2.24, 2.45) is 0 Å². The summed E-state index contributed by atoms with van der Waals surface area (Å²) < 4.78 is 46.2. The van der Waals surface area contributed by atoms with Crippen LogP contribution in [0.25, 0.3) is 0 Å². The van der Waals surface area contributed by atoms with Gasteiger partial charge >= 0.3 is 12.3 Å². The third-order valence-electron chi connectivity index (χ3n) is 4.07. The lowest BCUT2D eigenvalue weighted by Gasteiger charge is -2.24. The number of nitrogen functional groups attached to an aromatic ring is 1. The van der Waals surface area contributed by atoms with Crippen LogP contribution < -0.4 is 10.5 Å². The molecule has 0 saturated heterocycles. The van der Waals surface area contributed by atoms with Crippen molar-refractivity contribution in [1.82, 2.24) is 0 Å². The number of nitrogens with two attached hydrogens (primary N) is 1. The predicted molar refractivity (Wildman–Crippen MR) is 107 cm³/mol. The van der Waals surface area contributed by atoms with Crippen LogP contribution in [-0.2, 0) is 14.9 Å². The van der Waals surface area contributed by atoms with Gasteiger partial charge in [0.1, 0.15) is 5.75 Å². The summed E-state index contributed by atoms with van der Waals surface area (Å²) in [7, 11) is 0.